The van der Waals surface area contributed by atoms with Gasteiger partial charge in [0.2, 0.25) is 11.8 Å². The second kappa shape index (κ2) is 9.98. The van der Waals surface area contributed by atoms with Crippen molar-refractivity contribution in [3.05, 3.63) is 46.5 Å². The first-order valence-electron chi connectivity index (χ1n) is 7.50. The molecule has 0 aromatic heterocycles. The molecule has 6 nitrogen and oxygen atoms in total. The van der Waals surface area contributed by atoms with Crippen LogP contribution < -0.4 is 5.32 Å². The van der Waals surface area contributed by atoms with E-state index < -0.39 is 44.1 Å². The monoisotopic (exact) mass is 426 g/mol. The maximum atomic E-state index is 12.5. The summed E-state index contributed by atoms with van der Waals surface area (Å²) in [6.45, 7) is 0.490. The number of benzene rings is 1. The van der Waals surface area contributed by atoms with E-state index in [1.807, 2.05) is 0 Å². The molecule has 0 fully saturated rings. The first-order valence-corrected chi connectivity index (χ1v) is 8.26. The van der Waals surface area contributed by atoms with Crippen LogP contribution in [0.2, 0.25) is 10.0 Å². The van der Waals surface area contributed by atoms with Crippen LogP contribution >= 0.6 is 23.2 Å². The molecule has 148 valence electrons. The van der Waals surface area contributed by atoms with E-state index in [9.17, 15) is 32.8 Å². The number of alkyl halides is 3. The van der Waals surface area contributed by atoms with Crippen LogP contribution in [0, 0.1) is 0 Å². The minimum absolute atomic E-state index is 0.131. The number of rotatable bonds is 8. The number of amides is 2. The van der Waals surface area contributed by atoms with E-state index in [1.54, 1.807) is 0 Å². The molecule has 0 aliphatic heterocycles. The Balaban J connectivity index is 2.84. The first kappa shape index (κ1) is 23.3. The number of nitrogens with one attached hydrogen (secondary N) is 1. The number of hydrogen-bond donors (Lipinski definition) is 3. The second-order valence-corrected chi connectivity index (χ2v) is 6.38. The van der Waals surface area contributed by atoms with Crippen molar-refractivity contribution in [1.29, 1.82) is 0 Å². The van der Waals surface area contributed by atoms with Gasteiger partial charge in [0, 0.05) is 10.0 Å². The molecule has 0 heterocycles. The van der Waals surface area contributed by atoms with Gasteiger partial charge in [-0.25, -0.2) is 0 Å². The van der Waals surface area contributed by atoms with Crippen LogP contribution in [0.25, 0.3) is 0 Å². The van der Waals surface area contributed by atoms with E-state index in [-0.39, 0.29) is 16.3 Å². The van der Waals surface area contributed by atoms with Gasteiger partial charge < -0.3 is 20.3 Å². The number of carbonyl (C=O) groups is 2. The summed E-state index contributed by atoms with van der Waals surface area (Å²) in [7, 11) is -2.02. The van der Waals surface area contributed by atoms with Crippen molar-refractivity contribution in [2.45, 2.75) is 18.5 Å². The van der Waals surface area contributed by atoms with Crippen LogP contribution in [0.1, 0.15) is 5.56 Å². The van der Waals surface area contributed by atoms with Crippen LogP contribution in [0.4, 0.5) is 13.2 Å². The number of nitrogens with zero attached hydrogens (tertiary/aromatic N) is 1. The van der Waals surface area contributed by atoms with Crippen LogP contribution in [-0.2, 0) is 16.0 Å². The number of halogens is 5. The Hall–Kier alpha value is -1.75. The molecule has 2 amide bonds. The highest BCUT2D eigenvalue weighted by atomic mass is 35.5. The highest BCUT2D eigenvalue weighted by Crippen LogP contribution is 2.22. The average Bonchev–Trinajstić information content (AvgIpc) is 2.53. The Labute approximate surface area is 163 Å². The molecule has 3 N–H and O–H groups in total. The Kier molecular flexibility index (Phi) is 8.61. The molecule has 0 aliphatic carbocycles. The Morgan fingerprint density at radius 2 is 1.96 bits per heavy atom. The van der Waals surface area contributed by atoms with Gasteiger partial charge in [-0.05, 0) is 30.2 Å². The molecule has 1 aromatic rings. The van der Waals surface area contributed by atoms with E-state index in [2.05, 4.69) is 11.9 Å². The van der Waals surface area contributed by atoms with Crippen molar-refractivity contribution >= 4 is 42.1 Å². The van der Waals surface area contributed by atoms with Crippen molar-refractivity contribution < 1.29 is 32.8 Å². The summed E-state index contributed by atoms with van der Waals surface area (Å²) in [6, 6.07) is 4.41. The lowest BCUT2D eigenvalue weighted by Crippen LogP contribution is -2.52. The summed E-state index contributed by atoms with van der Waals surface area (Å²) < 4.78 is 37.6. The lowest BCUT2D eigenvalue weighted by molar-refractivity contribution is -0.160. The van der Waals surface area contributed by atoms with Gasteiger partial charge in [0.15, 0.2) is 0 Å². The van der Waals surface area contributed by atoms with Crippen LogP contribution in [0.15, 0.2) is 30.9 Å². The van der Waals surface area contributed by atoms with Gasteiger partial charge in [0.1, 0.15) is 13.1 Å². The zero-order valence-electron chi connectivity index (χ0n) is 13.8. The zero-order valence-corrected chi connectivity index (χ0v) is 15.4. The molecule has 12 heteroatoms. The molecule has 27 heavy (non-hydrogen) atoms. The summed E-state index contributed by atoms with van der Waals surface area (Å²) in [5.41, 5.74) is 0.425. The highest BCUT2D eigenvalue weighted by molar-refractivity contribution is 6.43. The van der Waals surface area contributed by atoms with Gasteiger partial charge in [-0.2, -0.15) is 13.2 Å². The molecular formula is C15H16BCl2F3N2O4. The molecule has 0 unspecified atom stereocenters. The molecule has 1 atom stereocenters. The van der Waals surface area contributed by atoms with Crippen LogP contribution in [0.3, 0.4) is 0 Å². The highest BCUT2D eigenvalue weighted by Gasteiger charge is 2.34. The minimum atomic E-state index is -4.72. The predicted octanol–water partition coefficient (Wildman–Crippen LogP) is 1.61. The topological polar surface area (TPSA) is 89.9 Å². The predicted molar refractivity (Wildman–Crippen MR) is 95.1 cm³/mol. The molecule has 0 bridgehead atoms. The van der Waals surface area contributed by atoms with Crippen LogP contribution in [-0.4, -0.2) is 59.1 Å². The SMILES string of the molecule is C=CC(=O)N(CC(=O)N[C@@H](Cc1ccc(Cl)cc1Cl)B(O)O)CC(F)(F)F. The maximum absolute atomic E-state index is 12.5. The van der Waals surface area contributed by atoms with Gasteiger partial charge >= 0.3 is 13.3 Å². The van der Waals surface area contributed by atoms with Gasteiger partial charge in [0.25, 0.3) is 0 Å². The normalized spacial score (nSPS) is 12.3. The standard InChI is InChI=1S/C15H16BCl2F3N2O4/c1-2-14(25)23(8-15(19,20)21)7-13(24)22-12(16(26)27)5-9-3-4-10(17)6-11(9)18/h2-4,6,12,26-27H,1,5,7-8H2,(H,22,24)/t12-/m0/s1. The van der Waals surface area contributed by atoms with E-state index in [0.717, 1.165) is 0 Å². The van der Waals surface area contributed by atoms with E-state index in [1.165, 1.54) is 18.2 Å². The third-order valence-corrected chi connectivity index (χ3v) is 3.94. The Bertz CT molecular complexity index is 704. The quantitative estimate of drug-likeness (QED) is 0.435. The van der Waals surface area contributed by atoms with Gasteiger partial charge in [-0.1, -0.05) is 35.8 Å². The lowest BCUT2D eigenvalue weighted by atomic mass is 9.76. The number of carbonyl (C=O) groups excluding carboxylic acids is 2. The zero-order chi connectivity index (χ0) is 20.8. The van der Waals surface area contributed by atoms with E-state index >= 15 is 0 Å². The molecule has 0 aliphatic rings. The summed E-state index contributed by atoms with van der Waals surface area (Å²) in [5.74, 6) is -3.38. The fraction of sp³-hybridized carbons (Fsp3) is 0.333. The smallest absolute Gasteiger partial charge is 0.426 e. The van der Waals surface area contributed by atoms with Crippen molar-refractivity contribution in [3.8, 4) is 0 Å². The Morgan fingerprint density at radius 3 is 2.44 bits per heavy atom. The molecule has 0 radical (unpaired) electrons. The first-order chi connectivity index (χ1) is 12.4. The maximum Gasteiger partial charge on any atom is 0.475 e. The molecule has 1 aromatic carbocycles. The summed E-state index contributed by atoms with van der Waals surface area (Å²) in [5, 5.41) is 21.6. The molecular weight excluding hydrogens is 411 g/mol. The fourth-order valence-electron chi connectivity index (χ4n) is 2.14. The Morgan fingerprint density at radius 1 is 1.33 bits per heavy atom. The van der Waals surface area contributed by atoms with Gasteiger partial charge in [-0.3, -0.25) is 9.59 Å². The van der Waals surface area contributed by atoms with Crippen molar-refractivity contribution in [3.63, 3.8) is 0 Å². The largest absolute Gasteiger partial charge is 0.475 e. The molecule has 1 rings (SSSR count). The fourth-order valence-corrected chi connectivity index (χ4v) is 2.62. The third kappa shape index (κ3) is 8.21. The molecule has 0 saturated carbocycles. The van der Waals surface area contributed by atoms with Crippen LogP contribution in [0.5, 0.6) is 0 Å². The molecule has 0 saturated heterocycles. The summed E-state index contributed by atoms with van der Waals surface area (Å²) in [4.78, 5) is 23.8. The molecule has 0 spiro atoms. The van der Waals surface area contributed by atoms with Crippen molar-refractivity contribution in [2.24, 2.45) is 0 Å². The summed E-state index contributed by atoms with van der Waals surface area (Å²) in [6.07, 6.45) is -4.20. The average molecular weight is 427 g/mol. The van der Waals surface area contributed by atoms with Gasteiger partial charge in [-0.15, -0.1) is 0 Å². The number of hydrogen-bond acceptors (Lipinski definition) is 4. The summed E-state index contributed by atoms with van der Waals surface area (Å²) >= 11 is 11.7. The third-order valence-electron chi connectivity index (χ3n) is 3.35. The lowest BCUT2D eigenvalue weighted by Gasteiger charge is -2.24. The minimum Gasteiger partial charge on any atom is -0.426 e. The van der Waals surface area contributed by atoms with Gasteiger partial charge in [0.05, 0.1) is 5.94 Å². The van der Waals surface area contributed by atoms with E-state index in [4.69, 9.17) is 23.2 Å². The second-order valence-electron chi connectivity index (χ2n) is 5.54. The van der Waals surface area contributed by atoms with E-state index in [0.29, 0.717) is 16.7 Å². The van der Waals surface area contributed by atoms with Crippen molar-refractivity contribution in [1.82, 2.24) is 10.2 Å². The van der Waals surface area contributed by atoms with Crippen molar-refractivity contribution in [2.75, 3.05) is 13.1 Å².